The van der Waals surface area contributed by atoms with E-state index in [0.29, 0.717) is 6.04 Å². The lowest BCUT2D eigenvalue weighted by molar-refractivity contribution is 0.603. The highest BCUT2D eigenvalue weighted by Crippen LogP contribution is 2.36. The van der Waals surface area contributed by atoms with Gasteiger partial charge in [0, 0.05) is 13.1 Å². The molecule has 2 rings (SSSR count). The molecule has 1 aromatic heterocycles. The van der Waals surface area contributed by atoms with Crippen LogP contribution in [0, 0.1) is 12.8 Å². The number of nitrogens with zero attached hydrogens (tertiary/aromatic N) is 2. The maximum absolute atomic E-state index is 5.69. The molecule has 3 heteroatoms. The van der Waals surface area contributed by atoms with Crippen molar-refractivity contribution in [3.05, 3.63) is 17.8 Å². The molecule has 1 aromatic rings. The van der Waals surface area contributed by atoms with Crippen molar-refractivity contribution in [3.63, 3.8) is 0 Å². The summed E-state index contributed by atoms with van der Waals surface area (Å²) < 4.78 is 0. The Kier molecular flexibility index (Phi) is 2.55. The van der Waals surface area contributed by atoms with E-state index in [1.54, 1.807) is 6.20 Å². The number of hydrogen-bond donors (Lipinski definition) is 1. The third kappa shape index (κ3) is 2.06. The summed E-state index contributed by atoms with van der Waals surface area (Å²) in [7, 11) is 2.12. The van der Waals surface area contributed by atoms with Gasteiger partial charge in [-0.3, -0.25) is 0 Å². The number of nitrogen functional groups attached to an aromatic ring is 1. The summed E-state index contributed by atoms with van der Waals surface area (Å²) in [4.78, 5) is 6.68. The first-order chi connectivity index (χ1) is 7.09. The number of hydrogen-bond acceptors (Lipinski definition) is 3. The van der Waals surface area contributed by atoms with Crippen molar-refractivity contribution in [1.82, 2.24) is 4.98 Å². The summed E-state index contributed by atoms with van der Waals surface area (Å²) in [5, 5.41) is 0. The van der Waals surface area contributed by atoms with Crippen molar-refractivity contribution < 1.29 is 0 Å². The van der Waals surface area contributed by atoms with E-state index >= 15 is 0 Å². The van der Waals surface area contributed by atoms with Gasteiger partial charge in [-0.05, 0) is 44.2 Å². The zero-order chi connectivity index (χ0) is 11.0. The van der Waals surface area contributed by atoms with Crippen LogP contribution in [0.15, 0.2) is 12.3 Å². The maximum atomic E-state index is 5.69. The molecule has 15 heavy (non-hydrogen) atoms. The van der Waals surface area contributed by atoms with E-state index < -0.39 is 0 Å². The van der Waals surface area contributed by atoms with Crippen molar-refractivity contribution in [2.45, 2.75) is 32.7 Å². The maximum Gasteiger partial charge on any atom is 0.131 e. The molecule has 1 aliphatic rings. The highest BCUT2D eigenvalue weighted by atomic mass is 15.2. The minimum Gasteiger partial charge on any atom is -0.397 e. The van der Waals surface area contributed by atoms with Crippen LogP contribution < -0.4 is 10.6 Å². The molecule has 1 heterocycles. The normalized spacial score (nSPS) is 17.5. The van der Waals surface area contributed by atoms with Crippen molar-refractivity contribution in [3.8, 4) is 0 Å². The molecule has 1 atom stereocenters. The van der Waals surface area contributed by atoms with Gasteiger partial charge in [0.15, 0.2) is 0 Å². The summed E-state index contributed by atoms with van der Waals surface area (Å²) in [5.74, 6) is 1.91. The molecule has 2 N–H and O–H groups in total. The average molecular weight is 205 g/mol. The average Bonchev–Trinajstić information content (AvgIpc) is 2.99. The largest absolute Gasteiger partial charge is 0.397 e. The summed E-state index contributed by atoms with van der Waals surface area (Å²) in [6, 6.07) is 2.57. The fourth-order valence-electron chi connectivity index (χ4n) is 2.05. The first-order valence-corrected chi connectivity index (χ1v) is 5.54. The Morgan fingerprint density at radius 3 is 2.73 bits per heavy atom. The lowest BCUT2D eigenvalue weighted by Crippen LogP contribution is -2.31. The SMILES string of the molecule is Cc1cc(N)cnc1N(C)C(C)C1CC1. The standard InChI is InChI=1S/C12H19N3/c1-8-6-11(13)7-14-12(8)15(3)9(2)10-4-5-10/h6-7,9-10H,4-5,13H2,1-3H3. The lowest BCUT2D eigenvalue weighted by atomic mass is 10.1. The zero-order valence-corrected chi connectivity index (χ0v) is 9.70. The van der Waals surface area contributed by atoms with Crippen molar-refractivity contribution in [2.24, 2.45) is 5.92 Å². The zero-order valence-electron chi connectivity index (χ0n) is 9.70. The van der Waals surface area contributed by atoms with Crippen LogP contribution in [0.2, 0.25) is 0 Å². The van der Waals surface area contributed by atoms with Gasteiger partial charge >= 0.3 is 0 Å². The topological polar surface area (TPSA) is 42.1 Å². The molecule has 3 nitrogen and oxygen atoms in total. The third-order valence-electron chi connectivity index (χ3n) is 3.32. The molecule has 0 amide bonds. The van der Waals surface area contributed by atoms with Gasteiger partial charge < -0.3 is 10.6 Å². The Labute approximate surface area is 91.3 Å². The van der Waals surface area contributed by atoms with Gasteiger partial charge in [0.2, 0.25) is 0 Å². The summed E-state index contributed by atoms with van der Waals surface area (Å²) in [5.41, 5.74) is 7.59. The van der Waals surface area contributed by atoms with E-state index in [-0.39, 0.29) is 0 Å². The second kappa shape index (κ2) is 3.72. The molecule has 82 valence electrons. The molecule has 0 spiro atoms. The van der Waals surface area contributed by atoms with E-state index in [9.17, 15) is 0 Å². The monoisotopic (exact) mass is 205 g/mol. The van der Waals surface area contributed by atoms with E-state index in [0.717, 1.165) is 23.0 Å². The predicted molar refractivity (Wildman–Crippen MR) is 64.0 cm³/mol. The van der Waals surface area contributed by atoms with Crippen LogP contribution in [0.1, 0.15) is 25.3 Å². The number of anilines is 2. The molecule has 0 saturated heterocycles. The molecule has 1 saturated carbocycles. The predicted octanol–water partition coefficient (Wildman–Crippen LogP) is 2.21. The fraction of sp³-hybridized carbons (Fsp3) is 0.583. The van der Waals surface area contributed by atoms with Crippen molar-refractivity contribution >= 4 is 11.5 Å². The summed E-state index contributed by atoms with van der Waals surface area (Å²) in [6.07, 6.45) is 4.46. The smallest absolute Gasteiger partial charge is 0.131 e. The van der Waals surface area contributed by atoms with Crippen LogP contribution >= 0.6 is 0 Å². The lowest BCUT2D eigenvalue weighted by Gasteiger charge is -2.27. The van der Waals surface area contributed by atoms with Gasteiger partial charge in [0.1, 0.15) is 5.82 Å². The number of aromatic nitrogens is 1. The van der Waals surface area contributed by atoms with Gasteiger partial charge in [-0.25, -0.2) is 4.98 Å². The van der Waals surface area contributed by atoms with E-state index in [2.05, 4.69) is 30.8 Å². The van der Waals surface area contributed by atoms with Crippen LogP contribution in [0.3, 0.4) is 0 Å². The summed E-state index contributed by atoms with van der Waals surface area (Å²) in [6.45, 7) is 4.34. The minimum atomic E-state index is 0.583. The molecule has 1 unspecified atom stereocenters. The van der Waals surface area contributed by atoms with Crippen LogP contribution in [-0.2, 0) is 0 Å². The Morgan fingerprint density at radius 1 is 1.53 bits per heavy atom. The number of pyridine rings is 1. The molecule has 1 fully saturated rings. The molecule has 1 aliphatic carbocycles. The molecular weight excluding hydrogens is 186 g/mol. The van der Waals surface area contributed by atoms with Crippen LogP contribution in [-0.4, -0.2) is 18.1 Å². The number of nitrogens with two attached hydrogens (primary N) is 1. The Balaban J connectivity index is 2.20. The Morgan fingerprint density at radius 2 is 2.20 bits per heavy atom. The van der Waals surface area contributed by atoms with Crippen LogP contribution in [0.25, 0.3) is 0 Å². The molecular formula is C12H19N3. The molecule has 0 aromatic carbocycles. The van der Waals surface area contributed by atoms with E-state index in [1.165, 1.54) is 12.8 Å². The van der Waals surface area contributed by atoms with Gasteiger partial charge in [0.05, 0.1) is 11.9 Å². The number of rotatable bonds is 3. The van der Waals surface area contributed by atoms with Gasteiger partial charge in [-0.1, -0.05) is 0 Å². The summed E-state index contributed by atoms with van der Waals surface area (Å²) >= 11 is 0. The van der Waals surface area contributed by atoms with E-state index in [1.807, 2.05) is 6.07 Å². The van der Waals surface area contributed by atoms with Crippen LogP contribution in [0.4, 0.5) is 11.5 Å². The molecule has 0 bridgehead atoms. The molecule has 0 radical (unpaired) electrons. The Hall–Kier alpha value is -1.25. The third-order valence-corrected chi connectivity index (χ3v) is 3.32. The second-order valence-electron chi connectivity index (χ2n) is 4.60. The quantitative estimate of drug-likeness (QED) is 0.822. The van der Waals surface area contributed by atoms with Gasteiger partial charge in [-0.2, -0.15) is 0 Å². The van der Waals surface area contributed by atoms with Gasteiger partial charge in [0.25, 0.3) is 0 Å². The Bertz CT molecular complexity index is 358. The molecule has 0 aliphatic heterocycles. The number of aryl methyl sites for hydroxylation is 1. The first-order valence-electron chi connectivity index (χ1n) is 5.54. The minimum absolute atomic E-state index is 0.583. The first kappa shape index (κ1) is 10.3. The highest BCUT2D eigenvalue weighted by molar-refractivity contribution is 5.52. The van der Waals surface area contributed by atoms with E-state index in [4.69, 9.17) is 5.73 Å². The second-order valence-corrected chi connectivity index (χ2v) is 4.60. The fourth-order valence-corrected chi connectivity index (χ4v) is 2.05. The van der Waals surface area contributed by atoms with Crippen molar-refractivity contribution in [1.29, 1.82) is 0 Å². The highest BCUT2D eigenvalue weighted by Gasteiger charge is 2.31. The van der Waals surface area contributed by atoms with Gasteiger partial charge in [-0.15, -0.1) is 0 Å². The van der Waals surface area contributed by atoms with Crippen LogP contribution in [0.5, 0.6) is 0 Å². The van der Waals surface area contributed by atoms with Crippen molar-refractivity contribution in [2.75, 3.05) is 17.7 Å².